The molecule has 2 aliphatic heterocycles. The second-order valence-electron chi connectivity index (χ2n) is 10.6. The molecule has 4 rings (SSSR count). The predicted octanol–water partition coefficient (Wildman–Crippen LogP) is 3.97. The lowest BCUT2D eigenvalue weighted by molar-refractivity contribution is -0.137. The SMILES string of the molecule is CC[C@@H]1CC[C@H](C(=O)NC(c2ccc(C(F)(F)F)cc2F)C2CC(=O)N(C)C2)N1C(=O)c1cccc(S(C)(=O)=O)c1. The van der Waals surface area contributed by atoms with E-state index in [1.807, 2.05) is 6.92 Å². The van der Waals surface area contributed by atoms with Gasteiger partial charge in [-0.05, 0) is 49.6 Å². The van der Waals surface area contributed by atoms with Gasteiger partial charge in [0.15, 0.2) is 9.84 Å². The van der Waals surface area contributed by atoms with E-state index >= 15 is 4.39 Å². The minimum atomic E-state index is -4.77. The number of amides is 3. The number of hydrogen-bond acceptors (Lipinski definition) is 5. The molecule has 41 heavy (non-hydrogen) atoms. The van der Waals surface area contributed by atoms with E-state index in [2.05, 4.69) is 5.32 Å². The minimum Gasteiger partial charge on any atom is -0.347 e. The summed E-state index contributed by atoms with van der Waals surface area (Å²) in [5.74, 6) is -3.24. The molecule has 2 aromatic rings. The standard InChI is InChI=1S/C28H31F4N3O5S/c1-4-19-9-11-23(35(19)27(38)16-6-5-7-20(12-16)41(3,39)40)26(37)33-25(17-13-24(36)34(2)15-17)21-10-8-18(14-22(21)29)28(30,31)32/h5-8,10,12,14,17,19,23,25H,4,9,11,13,15H2,1-3H3,(H,33,37)/t17?,19-,23-,25?/m1/s1. The summed E-state index contributed by atoms with van der Waals surface area (Å²) < 4.78 is 78.7. The normalized spacial score (nSPS) is 22.2. The number of nitrogens with zero attached hydrogens (tertiary/aromatic N) is 2. The van der Waals surface area contributed by atoms with Gasteiger partial charge in [0.05, 0.1) is 16.5 Å². The third-order valence-corrected chi connectivity index (χ3v) is 8.93. The van der Waals surface area contributed by atoms with E-state index in [1.165, 1.54) is 41.1 Å². The van der Waals surface area contributed by atoms with Gasteiger partial charge < -0.3 is 15.1 Å². The van der Waals surface area contributed by atoms with Crippen molar-refractivity contribution >= 4 is 27.6 Å². The van der Waals surface area contributed by atoms with Crippen LogP contribution in [0.5, 0.6) is 0 Å². The van der Waals surface area contributed by atoms with Gasteiger partial charge in [-0.15, -0.1) is 0 Å². The van der Waals surface area contributed by atoms with Crippen molar-refractivity contribution in [3.63, 3.8) is 0 Å². The molecule has 2 unspecified atom stereocenters. The largest absolute Gasteiger partial charge is 0.416 e. The summed E-state index contributed by atoms with van der Waals surface area (Å²) in [6.45, 7) is 1.99. The Kier molecular flexibility index (Phi) is 8.49. The zero-order valence-electron chi connectivity index (χ0n) is 22.7. The molecule has 2 heterocycles. The molecular weight excluding hydrogens is 566 g/mol. The van der Waals surface area contributed by atoms with E-state index < -0.39 is 57.2 Å². The zero-order chi connectivity index (χ0) is 30.3. The van der Waals surface area contributed by atoms with Gasteiger partial charge in [0.2, 0.25) is 11.8 Å². The van der Waals surface area contributed by atoms with Crippen LogP contribution in [0, 0.1) is 11.7 Å². The number of sulfone groups is 1. The molecule has 0 aromatic heterocycles. The minimum absolute atomic E-state index is 0.0505. The Bertz CT molecular complexity index is 1460. The summed E-state index contributed by atoms with van der Waals surface area (Å²) in [6.07, 6.45) is -2.53. The molecule has 13 heteroatoms. The maximum absolute atomic E-state index is 15.1. The van der Waals surface area contributed by atoms with Gasteiger partial charge in [-0.3, -0.25) is 14.4 Å². The van der Waals surface area contributed by atoms with Crippen LogP contribution in [0.25, 0.3) is 0 Å². The molecular formula is C28H31F4N3O5S. The number of likely N-dealkylation sites (tertiary alicyclic amines) is 2. The van der Waals surface area contributed by atoms with E-state index in [0.717, 1.165) is 18.4 Å². The van der Waals surface area contributed by atoms with Gasteiger partial charge in [-0.25, -0.2) is 12.8 Å². The first-order valence-corrected chi connectivity index (χ1v) is 15.0. The Morgan fingerprint density at radius 2 is 1.83 bits per heavy atom. The van der Waals surface area contributed by atoms with Crippen molar-refractivity contribution < 1.29 is 40.4 Å². The molecule has 0 aliphatic carbocycles. The predicted molar refractivity (Wildman–Crippen MR) is 141 cm³/mol. The summed E-state index contributed by atoms with van der Waals surface area (Å²) in [5.41, 5.74) is -1.29. The first kappa shape index (κ1) is 30.5. The number of alkyl halides is 3. The topological polar surface area (TPSA) is 104 Å². The Morgan fingerprint density at radius 1 is 1.12 bits per heavy atom. The van der Waals surface area contributed by atoms with Crippen molar-refractivity contribution in [2.75, 3.05) is 19.8 Å². The van der Waals surface area contributed by atoms with E-state index in [4.69, 9.17) is 0 Å². The van der Waals surface area contributed by atoms with Crippen molar-refractivity contribution in [1.82, 2.24) is 15.1 Å². The molecule has 8 nitrogen and oxygen atoms in total. The third kappa shape index (κ3) is 6.39. The van der Waals surface area contributed by atoms with Crippen LogP contribution in [0.1, 0.15) is 60.1 Å². The number of benzene rings is 2. The van der Waals surface area contributed by atoms with E-state index in [1.54, 1.807) is 0 Å². The monoisotopic (exact) mass is 597 g/mol. The Labute approximate surface area is 235 Å². The highest BCUT2D eigenvalue weighted by Crippen LogP contribution is 2.36. The summed E-state index contributed by atoms with van der Waals surface area (Å²) in [7, 11) is -2.06. The van der Waals surface area contributed by atoms with Crippen LogP contribution in [0.4, 0.5) is 17.6 Å². The third-order valence-electron chi connectivity index (χ3n) is 7.82. The number of carbonyl (C=O) groups excluding carboxylic acids is 3. The van der Waals surface area contributed by atoms with Crippen LogP contribution in [0.2, 0.25) is 0 Å². The van der Waals surface area contributed by atoms with Crippen molar-refractivity contribution in [3.8, 4) is 0 Å². The molecule has 4 atom stereocenters. The quantitative estimate of drug-likeness (QED) is 0.487. The second-order valence-corrected chi connectivity index (χ2v) is 12.6. The number of carbonyl (C=O) groups is 3. The maximum Gasteiger partial charge on any atom is 0.416 e. The smallest absolute Gasteiger partial charge is 0.347 e. The molecule has 2 saturated heterocycles. The summed E-state index contributed by atoms with van der Waals surface area (Å²) in [4.78, 5) is 42.4. The van der Waals surface area contributed by atoms with Crippen LogP contribution in [0.15, 0.2) is 47.4 Å². The van der Waals surface area contributed by atoms with Gasteiger partial charge in [0.25, 0.3) is 5.91 Å². The van der Waals surface area contributed by atoms with Crippen LogP contribution in [-0.4, -0.2) is 67.9 Å². The lowest BCUT2D eigenvalue weighted by atomic mass is 9.90. The fourth-order valence-corrected chi connectivity index (χ4v) is 6.30. The molecule has 0 bridgehead atoms. The average Bonchev–Trinajstić information content (AvgIpc) is 3.48. The van der Waals surface area contributed by atoms with Crippen LogP contribution >= 0.6 is 0 Å². The average molecular weight is 598 g/mol. The fourth-order valence-electron chi connectivity index (χ4n) is 5.63. The van der Waals surface area contributed by atoms with Gasteiger partial charge in [0, 0.05) is 49.4 Å². The molecule has 2 aliphatic rings. The molecule has 222 valence electrons. The van der Waals surface area contributed by atoms with Crippen molar-refractivity contribution in [3.05, 3.63) is 65.0 Å². The molecule has 0 saturated carbocycles. The molecule has 2 aromatic carbocycles. The van der Waals surface area contributed by atoms with Gasteiger partial charge in [-0.1, -0.05) is 19.1 Å². The molecule has 0 radical (unpaired) electrons. The van der Waals surface area contributed by atoms with Gasteiger partial charge in [0.1, 0.15) is 11.9 Å². The highest BCUT2D eigenvalue weighted by Gasteiger charge is 2.43. The number of nitrogens with one attached hydrogen (secondary N) is 1. The zero-order valence-corrected chi connectivity index (χ0v) is 23.6. The van der Waals surface area contributed by atoms with E-state index in [9.17, 15) is 36.0 Å². The van der Waals surface area contributed by atoms with E-state index in [0.29, 0.717) is 18.9 Å². The molecule has 2 fully saturated rings. The summed E-state index contributed by atoms with van der Waals surface area (Å²) in [6, 6.07) is 5.10. The first-order valence-electron chi connectivity index (χ1n) is 13.2. The van der Waals surface area contributed by atoms with Crippen LogP contribution < -0.4 is 5.32 Å². The van der Waals surface area contributed by atoms with Crippen molar-refractivity contribution in [2.24, 2.45) is 5.92 Å². The van der Waals surface area contributed by atoms with Crippen LogP contribution in [-0.2, 0) is 25.6 Å². The molecule has 3 amide bonds. The maximum atomic E-state index is 15.1. The first-order chi connectivity index (χ1) is 19.1. The Hall–Kier alpha value is -3.48. The summed E-state index contributed by atoms with van der Waals surface area (Å²) in [5, 5.41) is 2.75. The molecule has 1 N–H and O–H groups in total. The lowest BCUT2D eigenvalue weighted by Gasteiger charge is -2.32. The highest BCUT2D eigenvalue weighted by atomic mass is 32.2. The van der Waals surface area contributed by atoms with Crippen LogP contribution in [0.3, 0.4) is 0 Å². The van der Waals surface area contributed by atoms with Gasteiger partial charge in [-0.2, -0.15) is 13.2 Å². The highest BCUT2D eigenvalue weighted by molar-refractivity contribution is 7.90. The van der Waals surface area contributed by atoms with Gasteiger partial charge >= 0.3 is 6.18 Å². The van der Waals surface area contributed by atoms with Crippen molar-refractivity contribution in [1.29, 1.82) is 0 Å². The fraction of sp³-hybridized carbons (Fsp3) is 0.464. The Morgan fingerprint density at radius 3 is 2.39 bits per heavy atom. The number of halogens is 4. The second kappa shape index (κ2) is 11.4. The summed E-state index contributed by atoms with van der Waals surface area (Å²) >= 11 is 0. The molecule has 0 spiro atoms. The number of hydrogen-bond donors (Lipinski definition) is 1. The van der Waals surface area contributed by atoms with E-state index in [-0.39, 0.29) is 47.4 Å². The number of rotatable bonds is 7. The Balaban J connectivity index is 1.66. The lowest BCUT2D eigenvalue weighted by Crippen LogP contribution is -2.50. The van der Waals surface area contributed by atoms with Crippen molar-refractivity contribution in [2.45, 2.75) is 61.8 Å².